The van der Waals surface area contributed by atoms with Crippen molar-refractivity contribution in [1.29, 1.82) is 0 Å². The maximum atomic E-state index is 12.8. The van der Waals surface area contributed by atoms with E-state index in [1.165, 1.54) is 17.0 Å². The van der Waals surface area contributed by atoms with Crippen LogP contribution in [-0.4, -0.2) is 46.8 Å². The van der Waals surface area contributed by atoms with Crippen molar-refractivity contribution >= 4 is 23.5 Å². The number of likely N-dealkylation sites (N-methyl/N-ethyl adjacent to an activating group) is 1. The molecule has 0 atom stereocenters. The van der Waals surface area contributed by atoms with Gasteiger partial charge in [0.2, 0.25) is 5.91 Å². The fraction of sp³-hybridized carbons (Fsp3) is 0.500. The van der Waals surface area contributed by atoms with Gasteiger partial charge in [0.1, 0.15) is 12.1 Å². The van der Waals surface area contributed by atoms with E-state index in [4.69, 9.17) is 0 Å². The topological polar surface area (TPSA) is 69.7 Å². The third kappa shape index (κ3) is 3.50. The summed E-state index contributed by atoms with van der Waals surface area (Å²) in [6, 6.07) is 3.64. The third-order valence-corrected chi connectivity index (χ3v) is 5.26. The Bertz CT molecular complexity index is 773. The number of nitrogens with zero attached hydrogens (tertiary/aromatic N) is 2. The number of halogens is 3. The van der Waals surface area contributed by atoms with Gasteiger partial charge in [-0.1, -0.05) is 25.3 Å². The van der Waals surface area contributed by atoms with Gasteiger partial charge in [-0.3, -0.25) is 14.5 Å². The third-order valence-electron chi connectivity index (χ3n) is 5.26. The van der Waals surface area contributed by atoms with Crippen molar-refractivity contribution in [2.24, 2.45) is 0 Å². The first-order valence-electron chi connectivity index (χ1n) is 8.72. The van der Waals surface area contributed by atoms with E-state index >= 15 is 0 Å². The summed E-state index contributed by atoms with van der Waals surface area (Å²) in [6.07, 6.45) is -0.772. The highest BCUT2D eigenvalue weighted by Gasteiger charge is 2.55. The largest absolute Gasteiger partial charge is 0.416 e. The Morgan fingerprint density at radius 1 is 1.19 bits per heavy atom. The van der Waals surface area contributed by atoms with Crippen LogP contribution in [0.4, 0.5) is 23.7 Å². The zero-order valence-corrected chi connectivity index (χ0v) is 14.8. The quantitative estimate of drug-likeness (QED) is 0.815. The number of carbonyl (C=O) groups is 3. The summed E-state index contributed by atoms with van der Waals surface area (Å²) in [7, 11) is 1.55. The highest BCUT2D eigenvalue weighted by molar-refractivity contribution is 6.10. The number of hydrogen-bond donors (Lipinski definition) is 1. The molecule has 3 rings (SSSR count). The Kier molecular flexibility index (Phi) is 4.88. The number of imide groups is 1. The van der Waals surface area contributed by atoms with Crippen LogP contribution >= 0.6 is 0 Å². The molecule has 0 bridgehead atoms. The molecular weight excluding hydrogens is 363 g/mol. The Morgan fingerprint density at radius 3 is 2.48 bits per heavy atom. The van der Waals surface area contributed by atoms with E-state index in [2.05, 4.69) is 5.32 Å². The number of anilines is 1. The van der Waals surface area contributed by atoms with E-state index in [1.54, 1.807) is 7.05 Å². The molecule has 1 aromatic carbocycles. The monoisotopic (exact) mass is 383 g/mol. The van der Waals surface area contributed by atoms with Gasteiger partial charge in [-0.15, -0.1) is 0 Å². The van der Waals surface area contributed by atoms with E-state index in [0.717, 1.165) is 36.3 Å². The van der Waals surface area contributed by atoms with Gasteiger partial charge >= 0.3 is 12.2 Å². The van der Waals surface area contributed by atoms with Crippen LogP contribution in [0.2, 0.25) is 0 Å². The van der Waals surface area contributed by atoms with Gasteiger partial charge in [-0.05, 0) is 31.0 Å². The van der Waals surface area contributed by atoms with E-state index in [1.807, 2.05) is 0 Å². The molecule has 1 aromatic rings. The number of amides is 4. The summed E-state index contributed by atoms with van der Waals surface area (Å²) in [4.78, 5) is 39.8. The van der Waals surface area contributed by atoms with Gasteiger partial charge in [-0.2, -0.15) is 13.2 Å². The van der Waals surface area contributed by atoms with Crippen molar-refractivity contribution in [3.63, 3.8) is 0 Å². The fourth-order valence-corrected chi connectivity index (χ4v) is 3.79. The molecule has 1 saturated heterocycles. The second-order valence-electron chi connectivity index (χ2n) is 6.95. The Labute approximate surface area is 154 Å². The standard InChI is InChI=1S/C18H20F3N3O3/c1-23-16(27)24(15(26)17(23)8-3-2-4-9-17)11-14(25)22-13-7-5-6-12(10-13)18(19,20)21/h5-7,10H,2-4,8-9,11H2,1H3,(H,22,25). The minimum Gasteiger partial charge on any atom is -0.325 e. The fourth-order valence-electron chi connectivity index (χ4n) is 3.79. The van der Waals surface area contributed by atoms with Gasteiger partial charge in [0.05, 0.1) is 5.56 Å². The molecule has 9 heteroatoms. The zero-order chi connectivity index (χ0) is 19.8. The van der Waals surface area contributed by atoms with Crippen molar-refractivity contribution in [1.82, 2.24) is 9.80 Å². The molecule has 0 aromatic heterocycles. The molecule has 1 heterocycles. The lowest BCUT2D eigenvalue weighted by Crippen LogP contribution is -2.49. The molecule has 1 N–H and O–H groups in total. The van der Waals surface area contributed by atoms with Crippen molar-refractivity contribution in [2.45, 2.75) is 43.8 Å². The second kappa shape index (κ2) is 6.86. The van der Waals surface area contributed by atoms with Crippen LogP contribution in [0, 0.1) is 0 Å². The molecule has 6 nitrogen and oxygen atoms in total. The van der Waals surface area contributed by atoms with Crippen LogP contribution in [-0.2, 0) is 15.8 Å². The van der Waals surface area contributed by atoms with E-state index in [0.29, 0.717) is 12.8 Å². The first kappa shape index (κ1) is 19.2. The van der Waals surface area contributed by atoms with Crippen LogP contribution in [0.15, 0.2) is 24.3 Å². The summed E-state index contributed by atoms with van der Waals surface area (Å²) in [5.74, 6) is -1.13. The summed E-state index contributed by atoms with van der Waals surface area (Å²) in [6.45, 7) is -0.528. The first-order chi connectivity index (χ1) is 12.6. The lowest BCUT2D eigenvalue weighted by atomic mass is 9.81. The van der Waals surface area contributed by atoms with Crippen molar-refractivity contribution in [2.75, 3.05) is 18.9 Å². The Morgan fingerprint density at radius 2 is 1.85 bits per heavy atom. The first-order valence-corrected chi connectivity index (χ1v) is 8.72. The molecular formula is C18H20F3N3O3. The van der Waals surface area contributed by atoms with Gasteiger partial charge in [0, 0.05) is 12.7 Å². The molecule has 27 heavy (non-hydrogen) atoms. The van der Waals surface area contributed by atoms with Gasteiger partial charge in [0.25, 0.3) is 5.91 Å². The lowest BCUT2D eigenvalue weighted by molar-refractivity contribution is -0.137. The highest BCUT2D eigenvalue weighted by Crippen LogP contribution is 2.39. The Balaban J connectivity index is 1.71. The number of nitrogens with one attached hydrogen (secondary N) is 1. The normalized spacial score (nSPS) is 19.7. The van der Waals surface area contributed by atoms with E-state index in [-0.39, 0.29) is 5.69 Å². The summed E-state index contributed by atoms with van der Waals surface area (Å²) in [5, 5.41) is 2.33. The molecule has 1 spiro atoms. The maximum absolute atomic E-state index is 12.8. The van der Waals surface area contributed by atoms with Crippen LogP contribution < -0.4 is 5.32 Å². The van der Waals surface area contributed by atoms with E-state index < -0.39 is 41.7 Å². The molecule has 146 valence electrons. The number of carbonyl (C=O) groups excluding carboxylic acids is 3. The number of urea groups is 1. The smallest absolute Gasteiger partial charge is 0.325 e. The number of alkyl halides is 3. The molecule has 2 aliphatic rings. The van der Waals surface area contributed by atoms with Crippen molar-refractivity contribution < 1.29 is 27.6 Å². The minimum atomic E-state index is -4.53. The number of rotatable bonds is 3. The number of hydrogen-bond acceptors (Lipinski definition) is 3. The van der Waals surface area contributed by atoms with Crippen molar-refractivity contribution in [3.8, 4) is 0 Å². The van der Waals surface area contributed by atoms with E-state index in [9.17, 15) is 27.6 Å². The van der Waals surface area contributed by atoms with Gasteiger partial charge in [0.15, 0.2) is 0 Å². The average molecular weight is 383 g/mol. The van der Waals surface area contributed by atoms with Crippen LogP contribution in [0.5, 0.6) is 0 Å². The summed E-state index contributed by atoms with van der Waals surface area (Å²) >= 11 is 0. The molecule has 2 fully saturated rings. The molecule has 1 saturated carbocycles. The van der Waals surface area contributed by atoms with Crippen LogP contribution in [0.3, 0.4) is 0 Å². The second-order valence-corrected chi connectivity index (χ2v) is 6.95. The molecule has 0 radical (unpaired) electrons. The predicted molar refractivity (Wildman–Crippen MR) is 90.8 cm³/mol. The van der Waals surface area contributed by atoms with Crippen LogP contribution in [0.25, 0.3) is 0 Å². The van der Waals surface area contributed by atoms with Gasteiger partial charge in [-0.25, -0.2) is 4.79 Å². The van der Waals surface area contributed by atoms with Gasteiger partial charge < -0.3 is 10.2 Å². The SMILES string of the molecule is CN1C(=O)N(CC(=O)Nc2cccc(C(F)(F)F)c2)C(=O)C12CCCCC2. The van der Waals surface area contributed by atoms with Crippen LogP contribution in [0.1, 0.15) is 37.7 Å². The number of benzene rings is 1. The zero-order valence-electron chi connectivity index (χ0n) is 14.8. The molecule has 0 unspecified atom stereocenters. The highest BCUT2D eigenvalue weighted by atomic mass is 19.4. The summed E-state index contributed by atoms with van der Waals surface area (Å²) in [5.41, 5.74) is -1.84. The average Bonchev–Trinajstić information content (AvgIpc) is 2.78. The Hall–Kier alpha value is -2.58. The molecule has 1 aliphatic carbocycles. The minimum absolute atomic E-state index is 0.0466. The lowest BCUT2D eigenvalue weighted by Gasteiger charge is -2.35. The van der Waals surface area contributed by atoms with Crippen molar-refractivity contribution in [3.05, 3.63) is 29.8 Å². The summed E-state index contributed by atoms with van der Waals surface area (Å²) < 4.78 is 38.3. The molecule has 4 amide bonds. The maximum Gasteiger partial charge on any atom is 0.416 e. The molecule has 1 aliphatic heterocycles. The predicted octanol–water partition coefficient (Wildman–Crippen LogP) is 3.24.